The van der Waals surface area contributed by atoms with Gasteiger partial charge in [-0.25, -0.2) is 4.79 Å². The number of rotatable bonds is 3. The van der Waals surface area contributed by atoms with Crippen LogP contribution in [-0.4, -0.2) is 11.1 Å². The first-order chi connectivity index (χ1) is 9.57. The van der Waals surface area contributed by atoms with Crippen LogP contribution in [0.5, 0.6) is 0 Å². The number of hydrogen-bond acceptors (Lipinski definition) is 6. The summed E-state index contributed by atoms with van der Waals surface area (Å²) in [5.74, 6) is -1.31. The van der Waals surface area contributed by atoms with Crippen molar-refractivity contribution in [2.24, 2.45) is 0 Å². The maximum atomic E-state index is 11.1. The molecule has 0 bridgehead atoms. The fourth-order valence-corrected chi connectivity index (χ4v) is 1.32. The number of carbonyl (C=O) groups is 1. The van der Waals surface area contributed by atoms with Crippen LogP contribution in [0.1, 0.15) is 15.9 Å². The number of aromatic carboxylic acids is 1. The quantitative estimate of drug-likeness (QED) is 0.785. The summed E-state index contributed by atoms with van der Waals surface area (Å²) in [5, 5.41) is 46.4. The smallest absolute Gasteiger partial charge is 0.337 e. The van der Waals surface area contributed by atoms with E-state index in [4.69, 9.17) is 26.2 Å². The zero-order valence-corrected chi connectivity index (χ0v) is 9.88. The van der Waals surface area contributed by atoms with Crippen molar-refractivity contribution in [1.82, 2.24) is 0 Å². The van der Waals surface area contributed by atoms with Crippen LogP contribution in [0.15, 0.2) is 29.5 Å². The van der Waals surface area contributed by atoms with Crippen LogP contribution >= 0.6 is 0 Å². The lowest BCUT2D eigenvalue weighted by Gasteiger charge is -2.08. The molecule has 0 aliphatic heterocycles. The lowest BCUT2D eigenvalue weighted by Crippen LogP contribution is -2.07. The Morgan fingerprint density at radius 1 is 1.10 bits per heavy atom. The number of allylic oxidation sites excluding steroid dienone is 2. The number of carboxylic acids is 1. The normalized spacial score (nSPS) is 8.20. The predicted molar refractivity (Wildman–Crippen MR) is 65.6 cm³/mol. The second-order valence-corrected chi connectivity index (χ2v) is 3.39. The molecule has 1 rings (SSSR count). The molecule has 0 aliphatic carbocycles. The number of nitriles is 4. The summed E-state index contributed by atoms with van der Waals surface area (Å²) >= 11 is 0. The third-order valence-corrected chi connectivity index (χ3v) is 2.22. The molecular formula is C13H5N5O2. The highest BCUT2D eigenvalue weighted by Gasteiger charge is 2.14. The SMILES string of the molecule is N#CC(C#N)=C(C#N)Nc1ccc(C#N)cc1C(=O)O. The van der Waals surface area contributed by atoms with E-state index in [1.54, 1.807) is 12.1 Å². The molecule has 2 N–H and O–H groups in total. The van der Waals surface area contributed by atoms with Crippen LogP contribution in [0.4, 0.5) is 5.69 Å². The average Bonchev–Trinajstić information content (AvgIpc) is 2.47. The van der Waals surface area contributed by atoms with Crippen LogP contribution in [0.3, 0.4) is 0 Å². The Morgan fingerprint density at radius 2 is 1.75 bits per heavy atom. The van der Waals surface area contributed by atoms with Crippen molar-refractivity contribution in [2.45, 2.75) is 0 Å². The summed E-state index contributed by atoms with van der Waals surface area (Å²) in [5.41, 5.74) is -0.922. The third-order valence-electron chi connectivity index (χ3n) is 2.22. The van der Waals surface area contributed by atoms with Crippen LogP contribution in [0.25, 0.3) is 0 Å². The number of hydrogen-bond donors (Lipinski definition) is 2. The van der Waals surface area contributed by atoms with Gasteiger partial charge in [0, 0.05) is 0 Å². The molecule has 0 atom stereocenters. The molecule has 0 aliphatic rings. The van der Waals surface area contributed by atoms with E-state index in [1.165, 1.54) is 24.3 Å². The Bertz CT molecular complexity index is 750. The topological polar surface area (TPSA) is 144 Å². The van der Waals surface area contributed by atoms with E-state index < -0.39 is 11.5 Å². The van der Waals surface area contributed by atoms with Crippen molar-refractivity contribution < 1.29 is 9.90 Å². The fourth-order valence-electron chi connectivity index (χ4n) is 1.32. The molecule has 20 heavy (non-hydrogen) atoms. The van der Waals surface area contributed by atoms with Gasteiger partial charge in [0.1, 0.15) is 23.9 Å². The molecule has 0 fully saturated rings. The van der Waals surface area contributed by atoms with Gasteiger partial charge in [-0.1, -0.05) is 0 Å². The zero-order valence-electron chi connectivity index (χ0n) is 9.88. The second kappa shape index (κ2) is 6.21. The Kier molecular flexibility index (Phi) is 4.43. The monoisotopic (exact) mass is 263 g/mol. The largest absolute Gasteiger partial charge is 0.478 e. The summed E-state index contributed by atoms with van der Waals surface area (Å²) in [6.07, 6.45) is 0. The molecule has 0 amide bonds. The van der Waals surface area contributed by atoms with Crippen LogP contribution in [0, 0.1) is 45.3 Å². The van der Waals surface area contributed by atoms with Gasteiger partial charge in [-0.15, -0.1) is 0 Å². The van der Waals surface area contributed by atoms with Crippen molar-refractivity contribution in [3.05, 3.63) is 40.6 Å². The van der Waals surface area contributed by atoms with Gasteiger partial charge in [-0.2, -0.15) is 21.0 Å². The molecule has 1 aromatic carbocycles. The van der Waals surface area contributed by atoms with Gasteiger partial charge >= 0.3 is 5.97 Å². The predicted octanol–water partition coefficient (Wildman–Crippen LogP) is 1.49. The Hall–Kier alpha value is -3.81. The molecule has 0 spiro atoms. The first-order valence-corrected chi connectivity index (χ1v) is 5.06. The zero-order chi connectivity index (χ0) is 15.1. The molecule has 94 valence electrons. The summed E-state index contributed by atoms with van der Waals surface area (Å²) in [4.78, 5) is 11.1. The van der Waals surface area contributed by atoms with Gasteiger partial charge in [-0.05, 0) is 18.2 Å². The maximum absolute atomic E-state index is 11.1. The number of carboxylic acid groups (broad SMARTS) is 1. The molecule has 0 saturated carbocycles. The lowest BCUT2D eigenvalue weighted by atomic mass is 10.1. The maximum Gasteiger partial charge on any atom is 0.337 e. The van der Waals surface area contributed by atoms with Gasteiger partial charge < -0.3 is 10.4 Å². The lowest BCUT2D eigenvalue weighted by molar-refractivity contribution is 0.0698. The first-order valence-electron chi connectivity index (χ1n) is 5.06. The van der Waals surface area contributed by atoms with Crippen molar-refractivity contribution in [2.75, 3.05) is 5.32 Å². The average molecular weight is 263 g/mol. The number of benzene rings is 1. The van der Waals surface area contributed by atoms with Gasteiger partial charge in [0.15, 0.2) is 5.57 Å². The summed E-state index contributed by atoms with van der Waals surface area (Å²) in [7, 11) is 0. The molecular weight excluding hydrogens is 258 g/mol. The van der Waals surface area contributed by atoms with Crippen molar-refractivity contribution in [3.8, 4) is 24.3 Å². The van der Waals surface area contributed by atoms with Gasteiger partial charge in [0.25, 0.3) is 0 Å². The van der Waals surface area contributed by atoms with E-state index >= 15 is 0 Å². The standard InChI is InChI=1S/C13H5N5O2/c14-4-8-1-2-11(10(3-8)13(19)20)18-12(7-17)9(5-15)6-16/h1-3,18H,(H,19,20). The number of nitrogens with one attached hydrogen (secondary N) is 1. The summed E-state index contributed by atoms with van der Waals surface area (Å²) < 4.78 is 0. The Morgan fingerprint density at radius 3 is 2.20 bits per heavy atom. The molecule has 0 aromatic heterocycles. The minimum absolute atomic E-state index is 0.0102. The highest BCUT2D eigenvalue weighted by atomic mass is 16.4. The number of anilines is 1. The second-order valence-electron chi connectivity index (χ2n) is 3.39. The molecule has 1 aromatic rings. The first kappa shape index (κ1) is 14.3. The van der Waals surface area contributed by atoms with Gasteiger partial charge in [0.2, 0.25) is 0 Å². The van der Waals surface area contributed by atoms with Crippen molar-refractivity contribution >= 4 is 11.7 Å². The van der Waals surface area contributed by atoms with E-state index in [0.717, 1.165) is 6.07 Å². The molecule has 7 heteroatoms. The fraction of sp³-hybridized carbons (Fsp3) is 0. The minimum atomic E-state index is -1.31. The Balaban J connectivity index is 3.38. The molecule has 7 nitrogen and oxygen atoms in total. The van der Waals surface area contributed by atoms with E-state index in [2.05, 4.69) is 5.32 Å². The number of nitrogens with zero attached hydrogens (tertiary/aromatic N) is 4. The van der Waals surface area contributed by atoms with E-state index in [-0.39, 0.29) is 22.5 Å². The summed E-state index contributed by atoms with van der Waals surface area (Å²) in [6, 6.07) is 10.2. The van der Waals surface area contributed by atoms with Gasteiger partial charge in [0.05, 0.1) is 22.9 Å². The summed E-state index contributed by atoms with van der Waals surface area (Å²) in [6.45, 7) is 0. The van der Waals surface area contributed by atoms with Crippen LogP contribution in [-0.2, 0) is 0 Å². The van der Waals surface area contributed by atoms with Gasteiger partial charge in [-0.3, -0.25) is 0 Å². The van der Waals surface area contributed by atoms with Crippen molar-refractivity contribution in [1.29, 1.82) is 21.0 Å². The van der Waals surface area contributed by atoms with E-state index in [0.29, 0.717) is 0 Å². The Labute approximate surface area is 113 Å². The molecule has 0 saturated heterocycles. The minimum Gasteiger partial charge on any atom is -0.478 e. The highest BCUT2D eigenvalue weighted by molar-refractivity contribution is 5.95. The van der Waals surface area contributed by atoms with Crippen molar-refractivity contribution in [3.63, 3.8) is 0 Å². The third kappa shape index (κ3) is 2.90. The highest BCUT2D eigenvalue weighted by Crippen LogP contribution is 2.20. The molecule has 0 heterocycles. The van der Waals surface area contributed by atoms with E-state index in [1.807, 2.05) is 0 Å². The van der Waals surface area contributed by atoms with Crippen LogP contribution < -0.4 is 5.32 Å². The molecule has 0 radical (unpaired) electrons. The van der Waals surface area contributed by atoms with Crippen LogP contribution in [0.2, 0.25) is 0 Å². The molecule has 0 unspecified atom stereocenters. The van der Waals surface area contributed by atoms with E-state index in [9.17, 15) is 4.79 Å².